The summed E-state index contributed by atoms with van der Waals surface area (Å²) >= 11 is 3.29. The predicted molar refractivity (Wildman–Crippen MR) is 69.5 cm³/mol. The summed E-state index contributed by atoms with van der Waals surface area (Å²) in [5.41, 5.74) is 0.507. The Kier molecular flexibility index (Phi) is 4.72. The van der Waals surface area contributed by atoms with Crippen molar-refractivity contribution in [2.24, 2.45) is 0 Å². The number of hydrogen-bond acceptors (Lipinski definition) is 3. The number of likely N-dealkylation sites (N-methyl/N-ethyl adjacent to an activating group) is 1. The summed E-state index contributed by atoms with van der Waals surface area (Å²) in [5, 5.41) is 9.22. The van der Waals surface area contributed by atoms with Crippen LogP contribution in [0.25, 0.3) is 0 Å². The molecule has 1 unspecified atom stereocenters. The van der Waals surface area contributed by atoms with Gasteiger partial charge in [-0.15, -0.1) is 0 Å². The van der Waals surface area contributed by atoms with Crippen LogP contribution in [0.2, 0.25) is 0 Å². The van der Waals surface area contributed by atoms with Crippen molar-refractivity contribution in [3.05, 3.63) is 28.2 Å². The summed E-state index contributed by atoms with van der Waals surface area (Å²) in [6, 6.07) is 3.91. The molecule has 1 aromatic rings. The molecule has 0 spiro atoms. The minimum absolute atomic E-state index is 0.311. The van der Waals surface area contributed by atoms with E-state index < -0.39 is 12.0 Å². The lowest BCUT2D eigenvalue weighted by Gasteiger charge is -2.24. The van der Waals surface area contributed by atoms with Crippen molar-refractivity contribution in [1.29, 1.82) is 0 Å². The zero-order valence-corrected chi connectivity index (χ0v) is 11.9. The average molecular weight is 316 g/mol. The highest BCUT2D eigenvalue weighted by Gasteiger charge is 2.27. The van der Waals surface area contributed by atoms with Crippen molar-refractivity contribution in [3.8, 4) is 5.75 Å². The smallest absolute Gasteiger partial charge is 0.331 e. The van der Waals surface area contributed by atoms with E-state index in [2.05, 4.69) is 15.9 Å². The number of nitrogens with zero attached hydrogens (tertiary/aromatic N) is 1. The van der Waals surface area contributed by atoms with Gasteiger partial charge in [-0.2, -0.15) is 0 Å². The van der Waals surface area contributed by atoms with Crippen LogP contribution in [0.1, 0.15) is 18.5 Å². The molecule has 5 nitrogen and oxygen atoms in total. The number of benzene rings is 1. The number of methoxy groups -OCH3 is 1. The average Bonchev–Trinajstić information content (AvgIpc) is 2.28. The molecule has 0 aromatic heterocycles. The molecule has 1 atom stereocenters. The van der Waals surface area contributed by atoms with E-state index in [1.54, 1.807) is 18.2 Å². The van der Waals surface area contributed by atoms with Crippen LogP contribution in [0, 0.1) is 0 Å². The van der Waals surface area contributed by atoms with Crippen LogP contribution < -0.4 is 4.74 Å². The number of carbonyl (C=O) groups excluding carboxylic acids is 1. The third-order valence-corrected chi connectivity index (χ3v) is 3.23. The monoisotopic (exact) mass is 315 g/mol. The molecule has 98 valence electrons. The normalized spacial score (nSPS) is 11.8. The molecule has 0 aliphatic heterocycles. The Morgan fingerprint density at radius 1 is 1.44 bits per heavy atom. The van der Waals surface area contributed by atoms with Crippen LogP contribution in [0.5, 0.6) is 5.75 Å². The molecule has 0 radical (unpaired) electrons. The Bertz CT molecular complexity index is 475. The summed E-state index contributed by atoms with van der Waals surface area (Å²) in [6.07, 6.45) is 0. The van der Waals surface area contributed by atoms with Gasteiger partial charge < -0.3 is 14.7 Å². The minimum atomic E-state index is -1.08. The zero-order chi connectivity index (χ0) is 13.9. The molecule has 18 heavy (non-hydrogen) atoms. The van der Waals surface area contributed by atoms with Gasteiger partial charge in [-0.05, 0) is 33.6 Å². The van der Waals surface area contributed by atoms with Crippen molar-refractivity contribution < 1.29 is 19.4 Å². The molecule has 0 bridgehead atoms. The van der Waals surface area contributed by atoms with Gasteiger partial charge in [0.1, 0.15) is 5.75 Å². The Morgan fingerprint density at radius 3 is 2.44 bits per heavy atom. The van der Waals surface area contributed by atoms with Crippen molar-refractivity contribution in [1.82, 2.24) is 4.90 Å². The first-order valence-electron chi connectivity index (χ1n) is 5.18. The van der Waals surface area contributed by atoms with Gasteiger partial charge in [-0.1, -0.05) is 6.07 Å². The maximum atomic E-state index is 11.3. The van der Waals surface area contributed by atoms with Crippen LogP contribution in [-0.2, 0) is 9.59 Å². The van der Waals surface area contributed by atoms with Crippen LogP contribution in [0.15, 0.2) is 22.7 Å². The maximum absolute atomic E-state index is 11.3. The maximum Gasteiger partial charge on any atom is 0.331 e. The van der Waals surface area contributed by atoms with Crippen LogP contribution in [0.3, 0.4) is 0 Å². The number of carbonyl (C=O) groups is 2. The molecule has 0 fully saturated rings. The summed E-state index contributed by atoms with van der Waals surface area (Å²) < 4.78 is 5.72. The van der Waals surface area contributed by atoms with Crippen LogP contribution in [-0.4, -0.2) is 36.0 Å². The molecule has 0 saturated heterocycles. The molecule has 1 aromatic carbocycles. The van der Waals surface area contributed by atoms with Gasteiger partial charge in [0.2, 0.25) is 5.91 Å². The van der Waals surface area contributed by atoms with Crippen molar-refractivity contribution in [3.63, 3.8) is 0 Å². The van der Waals surface area contributed by atoms with E-state index in [0.29, 0.717) is 15.8 Å². The van der Waals surface area contributed by atoms with Gasteiger partial charge in [0.25, 0.3) is 0 Å². The largest absolute Gasteiger partial charge is 0.496 e. The van der Waals surface area contributed by atoms with E-state index >= 15 is 0 Å². The second kappa shape index (κ2) is 5.86. The first kappa shape index (κ1) is 14.5. The lowest BCUT2D eigenvalue weighted by Crippen LogP contribution is -2.34. The van der Waals surface area contributed by atoms with E-state index in [-0.39, 0.29) is 5.91 Å². The molecular weight excluding hydrogens is 302 g/mol. The van der Waals surface area contributed by atoms with Crippen molar-refractivity contribution in [2.45, 2.75) is 13.0 Å². The molecular formula is C12H14BrNO4. The number of rotatable bonds is 4. The highest BCUT2D eigenvalue weighted by molar-refractivity contribution is 9.10. The summed E-state index contributed by atoms with van der Waals surface area (Å²) in [5.74, 6) is -0.785. The second-order valence-corrected chi connectivity index (χ2v) is 4.62. The van der Waals surface area contributed by atoms with E-state index in [9.17, 15) is 14.7 Å². The third-order valence-electron chi connectivity index (χ3n) is 2.61. The highest BCUT2D eigenvalue weighted by Crippen LogP contribution is 2.30. The Balaban J connectivity index is 3.19. The van der Waals surface area contributed by atoms with Crippen molar-refractivity contribution >= 4 is 27.8 Å². The fraction of sp³-hybridized carbons (Fsp3) is 0.333. The summed E-state index contributed by atoms with van der Waals surface area (Å²) in [4.78, 5) is 23.7. The van der Waals surface area contributed by atoms with Gasteiger partial charge in [0.05, 0.1) is 11.6 Å². The Hall–Kier alpha value is -1.56. The first-order chi connectivity index (χ1) is 8.38. The SMILES string of the molecule is COc1ccc(C(C(=O)O)N(C)C(C)=O)cc1Br. The fourth-order valence-electron chi connectivity index (χ4n) is 1.57. The van der Waals surface area contributed by atoms with Crippen LogP contribution in [0.4, 0.5) is 0 Å². The Morgan fingerprint density at radius 2 is 2.06 bits per heavy atom. The van der Waals surface area contributed by atoms with E-state index in [1.165, 1.54) is 26.0 Å². The van der Waals surface area contributed by atoms with Gasteiger partial charge >= 0.3 is 5.97 Å². The first-order valence-corrected chi connectivity index (χ1v) is 5.97. The highest BCUT2D eigenvalue weighted by atomic mass is 79.9. The molecule has 0 saturated carbocycles. The zero-order valence-electron chi connectivity index (χ0n) is 10.3. The number of carboxylic acids is 1. The topological polar surface area (TPSA) is 66.8 Å². The van der Waals surface area contributed by atoms with Gasteiger partial charge in [0, 0.05) is 14.0 Å². The molecule has 0 aliphatic rings. The third kappa shape index (κ3) is 3.01. The number of carboxylic acid groups (broad SMARTS) is 1. The fourth-order valence-corrected chi connectivity index (χ4v) is 2.12. The van der Waals surface area contributed by atoms with Gasteiger partial charge in [0.15, 0.2) is 6.04 Å². The summed E-state index contributed by atoms with van der Waals surface area (Å²) in [7, 11) is 2.98. The number of amides is 1. The molecule has 1 rings (SSSR count). The number of ether oxygens (including phenoxy) is 1. The lowest BCUT2D eigenvalue weighted by atomic mass is 10.1. The second-order valence-electron chi connectivity index (χ2n) is 3.76. The summed E-state index contributed by atoms with van der Waals surface area (Å²) in [6.45, 7) is 1.33. The number of halogens is 1. The standard InChI is InChI=1S/C12H14BrNO4/c1-7(15)14(2)11(12(16)17)8-4-5-10(18-3)9(13)6-8/h4-6,11H,1-3H3,(H,16,17). The predicted octanol–water partition coefficient (Wildman–Crippen LogP) is 2.06. The van der Waals surface area contributed by atoms with E-state index in [0.717, 1.165) is 0 Å². The Labute approximate surface area is 113 Å². The van der Waals surface area contributed by atoms with E-state index in [1.807, 2.05) is 0 Å². The number of hydrogen-bond donors (Lipinski definition) is 1. The van der Waals surface area contributed by atoms with Gasteiger partial charge in [-0.3, -0.25) is 4.79 Å². The number of aliphatic carboxylic acids is 1. The molecule has 6 heteroatoms. The van der Waals surface area contributed by atoms with Crippen LogP contribution >= 0.6 is 15.9 Å². The van der Waals surface area contributed by atoms with E-state index in [4.69, 9.17) is 4.74 Å². The molecule has 1 amide bonds. The quantitative estimate of drug-likeness (QED) is 0.923. The molecule has 1 N–H and O–H groups in total. The molecule has 0 aliphatic carbocycles. The van der Waals surface area contributed by atoms with Gasteiger partial charge in [-0.25, -0.2) is 4.79 Å². The lowest BCUT2D eigenvalue weighted by molar-refractivity contribution is -0.148. The van der Waals surface area contributed by atoms with Crippen molar-refractivity contribution in [2.75, 3.05) is 14.2 Å². The minimum Gasteiger partial charge on any atom is -0.496 e. The molecule has 0 heterocycles.